The highest BCUT2D eigenvalue weighted by Gasteiger charge is 2.23. The van der Waals surface area contributed by atoms with Crippen molar-refractivity contribution in [3.05, 3.63) is 94.4 Å². The van der Waals surface area contributed by atoms with Gasteiger partial charge in [0.05, 0.1) is 16.4 Å². The number of thioether (sulfide) groups is 1. The van der Waals surface area contributed by atoms with Crippen LogP contribution in [0.2, 0.25) is 5.02 Å². The van der Waals surface area contributed by atoms with E-state index in [0.29, 0.717) is 22.7 Å². The second kappa shape index (κ2) is 13.3. The van der Waals surface area contributed by atoms with Gasteiger partial charge in [0.25, 0.3) is 0 Å². The summed E-state index contributed by atoms with van der Waals surface area (Å²) in [4.78, 5) is 8.62. The van der Waals surface area contributed by atoms with Crippen LogP contribution in [0.4, 0.5) is 8.78 Å². The second-order valence-electron chi connectivity index (χ2n) is 7.23. The Kier molecular flexibility index (Phi) is 10.2. The van der Waals surface area contributed by atoms with Crippen molar-refractivity contribution in [3.8, 4) is 22.8 Å². The van der Waals surface area contributed by atoms with Crippen molar-refractivity contribution in [2.45, 2.75) is 11.8 Å². The Morgan fingerprint density at radius 3 is 2.59 bits per heavy atom. The maximum atomic E-state index is 14.9. The summed E-state index contributed by atoms with van der Waals surface area (Å²) in [5.41, 5.74) is 13.2. The normalized spacial score (nSPS) is 13.1. The predicted molar refractivity (Wildman–Crippen MR) is 147 cm³/mol. The summed E-state index contributed by atoms with van der Waals surface area (Å²) in [6, 6.07) is 11.3. The Morgan fingerprint density at radius 1 is 1.22 bits per heavy atom. The van der Waals surface area contributed by atoms with Crippen LogP contribution >= 0.6 is 23.4 Å². The smallest absolute Gasteiger partial charge is 0.217 e. The van der Waals surface area contributed by atoms with Crippen molar-refractivity contribution in [3.63, 3.8) is 0 Å². The van der Waals surface area contributed by atoms with Gasteiger partial charge >= 0.3 is 0 Å². The maximum absolute atomic E-state index is 14.9. The van der Waals surface area contributed by atoms with Gasteiger partial charge in [0, 0.05) is 30.2 Å². The van der Waals surface area contributed by atoms with E-state index in [9.17, 15) is 13.3 Å². The third kappa shape index (κ3) is 7.39. The van der Waals surface area contributed by atoms with Gasteiger partial charge in [0.1, 0.15) is 34.4 Å². The Hall–Kier alpha value is -3.25. The van der Waals surface area contributed by atoms with E-state index >= 15 is 0 Å². The first-order chi connectivity index (χ1) is 17.8. The predicted octanol–water partition coefficient (Wildman–Crippen LogP) is 5.49. The number of nitrogens with zero attached hydrogens (tertiary/aromatic N) is 2. The highest BCUT2D eigenvalue weighted by Crippen LogP contribution is 2.35. The lowest BCUT2D eigenvalue weighted by Crippen LogP contribution is -2.28. The van der Waals surface area contributed by atoms with Crippen LogP contribution in [-0.4, -0.2) is 28.0 Å². The van der Waals surface area contributed by atoms with E-state index < -0.39 is 17.2 Å². The topological polar surface area (TPSA) is 122 Å². The molecule has 0 spiro atoms. The molecular formula is C25H24ClF2N5O2S2. The minimum absolute atomic E-state index is 0.00921. The third-order valence-corrected chi connectivity index (χ3v) is 6.91. The maximum Gasteiger partial charge on any atom is 0.217 e. The molecule has 3 rings (SSSR count). The SMILES string of the molecule is CCS/C=C(\N)N[S+]([O-])c1cc(Cl)c(Oc2ccc(-c3ccc(F)cc3)nc2C(C=CN)=NC)cc1F. The Morgan fingerprint density at radius 2 is 1.95 bits per heavy atom. The summed E-state index contributed by atoms with van der Waals surface area (Å²) in [5.74, 6) is -0.103. The van der Waals surface area contributed by atoms with Crippen LogP contribution in [0.5, 0.6) is 11.5 Å². The van der Waals surface area contributed by atoms with Crippen molar-refractivity contribution < 1.29 is 18.1 Å². The first-order valence-electron chi connectivity index (χ1n) is 10.8. The van der Waals surface area contributed by atoms with Gasteiger partial charge in [0.2, 0.25) is 4.90 Å². The Labute approximate surface area is 226 Å². The fourth-order valence-corrected chi connectivity index (χ4v) is 4.64. The van der Waals surface area contributed by atoms with E-state index in [0.717, 1.165) is 11.8 Å². The van der Waals surface area contributed by atoms with E-state index in [-0.39, 0.29) is 33.1 Å². The zero-order valence-corrected chi connectivity index (χ0v) is 22.3. The zero-order chi connectivity index (χ0) is 26.9. The van der Waals surface area contributed by atoms with Crippen LogP contribution in [0.3, 0.4) is 0 Å². The first kappa shape index (κ1) is 28.3. The van der Waals surface area contributed by atoms with Crippen LogP contribution in [0.1, 0.15) is 12.6 Å². The van der Waals surface area contributed by atoms with Crippen LogP contribution < -0.4 is 20.9 Å². The molecule has 7 nitrogen and oxygen atoms in total. The van der Waals surface area contributed by atoms with Crippen molar-refractivity contribution in [1.29, 1.82) is 0 Å². The lowest BCUT2D eigenvalue weighted by Gasteiger charge is -2.16. The Balaban J connectivity index is 1.97. The van der Waals surface area contributed by atoms with Gasteiger partial charge in [-0.3, -0.25) is 4.99 Å². The first-order valence-corrected chi connectivity index (χ1v) is 13.4. The zero-order valence-electron chi connectivity index (χ0n) is 19.9. The number of ether oxygens (including phenoxy) is 1. The van der Waals surface area contributed by atoms with Gasteiger partial charge < -0.3 is 20.8 Å². The highest BCUT2D eigenvalue weighted by atomic mass is 35.5. The molecule has 12 heteroatoms. The molecule has 0 bridgehead atoms. The highest BCUT2D eigenvalue weighted by molar-refractivity contribution is 8.02. The van der Waals surface area contributed by atoms with E-state index in [1.165, 1.54) is 42.2 Å². The molecule has 0 radical (unpaired) electrons. The summed E-state index contributed by atoms with van der Waals surface area (Å²) < 4.78 is 49.3. The summed E-state index contributed by atoms with van der Waals surface area (Å²) in [6.07, 6.45) is 2.82. The molecule has 1 unspecified atom stereocenters. The number of hydrogen-bond acceptors (Lipinski definition) is 8. The largest absolute Gasteiger partial charge is 0.588 e. The van der Waals surface area contributed by atoms with E-state index in [2.05, 4.69) is 14.7 Å². The number of benzene rings is 2. The molecule has 1 atom stereocenters. The van der Waals surface area contributed by atoms with Crippen molar-refractivity contribution in [2.24, 2.45) is 16.5 Å². The minimum atomic E-state index is -1.99. The third-order valence-electron chi connectivity index (χ3n) is 4.73. The molecule has 194 valence electrons. The van der Waals surface area contributed by atoms with Gasteiger partial charge in [0.15, 0.2) is 11.6 Å². The molecule has 3 aromatic rings. The number of aromatic nitrogens is 1. The lowest BCUT2D eigenvalue weighted by molar-refractivity contribution is 0.470. The van der Waals surface area contributed by atoms with Gasteiger partial charge in [-0.15, -0.1) is 11.8 Å². The van der Waals surface area contributed by atoms with E-state index in [4.69, 9.17) is 27.8 Å². The number of aliphatic imine (C=N–C) groups is 1. The van der Waals surface area contributed by atoms with Crippen LogP contribution in [0, 0.1) is 11.6 Å². The summed E-state index contributed by atoms with van der Waals surface area (Å²) in [7, 11) is 1.55. The van der Waals surface area contributed by atoms with Gasteiger partial charge in [-0.2, -0.15) is 4.72 Å². The van der Waals surface area contributed by atoms with Crippen LogP contribution in [-0.2, 0) is 11.4 Å². The molecule has 0 aliphatic heterocycles. The number of pyridine rings is 1. The molecular weight excluding hydrogens is 540 g/mol. The van der Waals surface area contributed by atoms with Crippen molar-refractivity contribution in [2.75, 3.05) is 12.8 Å². The monoisotopic (exact) mass is 563 g/mol. The fourth-order valence-electron chi connectivity index (χ4n) is 3.05. The van der Waals surface area contributed by atoms with E-state index in [1.807, 2.05) is 6.92 Å². The number of nitrogens with one attached hydrogen (secondary N) is 1. The lowest BCUT2D eigenvalue weighted by atomic mass is 10.1. The average Bonchev–Trinajstić information content (AvgIpc) is 2.88. The molecule has 37 heavy (non-hydrogen) atoms. The quantitative estimate of drug-likeness (QED) is 0.220. The molecule has 0 amide bonds. The molecule has 0 aliphatic carbocycles. The van der Waals surface area contributed by atoms with Gasteiger partial charge in [-0.25, -0.2) is 13.8 Å². The van der Waals surface area contributed by atoms with Crippen molar-refractivity contribution >= 4 is 40.4 Å². The molecule has 0 aliphatic rings. The second-order valence-corrected chi connectivity index (χ2v) is 9.97. The number of hydrogen-bond donors (Lipinski definition) is 3. The molecule has 5 N–H and O–H groups in total. The summed E-state index contributed by atoms with van der Waals surface area (Å²) in [5, 5.41) is 1.59. The average molecular weight is 564 g/mol. The molecule has 0 saturated carbocycles. The van der Waals surface area contributed by atoms with Crippen LogP contribution in [0.15, 0.2) is 81.9 Å². The fraction of sp³-hybridized carbons (Fsp3) is 0.120. The molecule has 1 aromatic heterocycles. The number of allylic oxidation sites excluding steroid dienone is 1. The number of rotatable bonds is 10. The van der Waals surface area contributed by atoms with Crippen molar-refractivity contribution in [1.82, 2.24) is 9.71 Å². The summed E-state index contributed by atoms with van der Waals surface area (Å²) >= 11 is 5.78. The Bertz CT molecular complexity index is 1340. The van der Waals surface area contributed by atoms with Crippen LogP contribution in [0.25, 0.3) is 11.3 Å². The number of nitrogens with two attached hydrogens (primary N) is 2. The molecule has 2 aromatic carbocycles. The number of halogens is 3. The molecule has 0 saturated heterocycles. The molecule has 1 heterocycles. The van der Waals surface area contributed by atoms with Gasteiger partial charge in [-0.1, -0.05) is 18.5 Å². The van der Waals surface area contributed by atoms with Gasteiger partial charge in [-0.05, 0) is 54.4 Å². The summed E-state index contributed by atoms with van der Waals surface area (Å²) in [6.45, 7) is 1.93. The standard InChI is InChI=1S/C25H24ClF2N5O2S2/c1-3-36-14-24(30)33-37(34)23-12-17(26)22(13-18(23)28)35-21-9-8-19(15-4-6-16(27)7-5-15)32-25(21)20(31-2)10-11-29/h4-14,33H,3,29-30H2,1-2H3/b11-10?,24-14+,31-20?. The van der Waals surface area contributed by atoms with E-state index in [1.54, 1.807) is 36.7 Å². The minimum Gasteiger partial charge on any atom is -0.588 e. The molecule has 0 fully saturated rings.